The molecule has 58 valence electrons. The predicted octanol–water partition coefficient (Wildman–Crippen LogP) is -0.447. The molecule has 0 spiro atoms. The molecular formula is C11H8CsN. The van der Waals surface area contributed by atoms with Gasteiger partial charge in [-0.2, -0.15) is 30.3 Å². The predicted molar refractivity (Wildman–Crippen MR) is 48.5 cm³/mol. The molecule has 1 nitrogen and oxygen atoms in total. The molecule has 0 saturated heterocycles. The van der Waals surface area contributed by atoms with Gasteiger partial charge in [0.15, 0.2) is 0 Å². The third kappa shape index (κ3) is 3.24. The number of hydrogen-bond acceptors (Lipinski definition) is 1. The van der Waals surface area contributed by atoms with Crippen molar-refractivity contribution in [2.75, 3.05) is 0 Å². The Morgan fingerprint density at radius 3 is 2.38 bits per heavy atom. The van der Waals surface area contributed by atoms with Gasteiger partial charge in [-0.3, -0.25) is 4.98 Å². The first-order chi connectivity index (χ1) is 5.97. The Balaban J connectivity index is 0.000000845. The Bertz CT molecular complexity index is 307. The standard InChI is InChI=1S/C11H8N.Cs/c1-2-6-10(7-3-1)11-8-4-5-9-12-11;/h2-9H;/q-1;+1. The fourth-order valence-corrected chi connectivity index (χ4v) is 1.09. The summed E-state index contributed by atoms with van der Waals surface area (Å²) in [5.74, 6) is 0. The van der Waals surface area contributed by atoms with Crippen molar-refractivity contribution >= 4 is 0 Å². The number of pyridine rings is 1. The van der Waals surface area contributed by atoms with Crippen molar-refractivity contribution in [2.24, 2.45) is 0 Å². The summed E-state index contributed by atoms with van der Waals surface area (Å²) in [5.41, 5.74) is 2.14. The summed E-state index contributed by atoms with van der Waals surface area (Å²) < 4.78 is 0. The fourth-order valence-electron chi connectivity index (χ4n) is 1.09. The summed E-state index contributed by atoms with van der Waals surface area (Å²) in [7, 11) is 0. The smallest absolute Gasteiger partial charge is 0.258 e. The molecule has 13 heavy (non-hydrogen) atoms. The monoisotopic (exact) mass is 287 g/mol. The average molecular weight is 287 g/mol. The van der Waals surface area contributed by atoms with Crippen molar-refractivity contribution in [1.82, 2.24) is 4.98 Å². The van der Waals surface area contributed by atoms with Crippen LogP contribution in [0.4, 0.5) is 0 Å². The molecule has 0 fully saturated rings. The van der Waals surface area contributed by atoms with Gasteiger partial charge in [-0.15, -0.1) is 5.56 Å². The number of benzene rings is 1. The van der Waals surface area contributed by atoms with Crippen LogP contribution >= 0.6 is 0 Å². The Morgan fingerprint density at radius 1 is 1.00 bits per heavy atom. The molecule has 0 radical (unpaired) electrons. The van der Waals surface area contributed by atoms with Crippen molar-refractivity contribution in [3.63, 3.8) is 0 Å². The minimum absolute atomic E-state index is 0. The van der Waals surface area contributed by atoms with Crippen LogP contribution in [0.15, 0.2) is 48.7 Å². The van der Waals surface area contributed by atoms with E-state index in [2.05, 4.69) is 11.1 Å². The third-order valence-electron chi connectivity index (χ3n) is 1.68. The molecule has 1 aromatic carbocycles. The summed E-state index contributed by atoms with van der Waals surface area (Å²) in [6.07, 6.45) is 1.80. The Labute approximate surface area is 137 Å². The fraction of sp³-hybridized carbons (Fsp3) is 0. The van der Waals surface area contributed by atoms with Gasteiger partial charge in [0.2, 0.25) is 0 Å². The molecular weight excluding hydrogens is 279 g/mol. The summed E-state index contributed by atoms with van der Waals surface area (Å²) >= 11 is 0. The van der Waals surface area contributed by atoms with E-state index in [1.807, 2.05) is 42.5 Å². The van der Waals surface area contributed by atoms with E-state index in [0.717, 1.165) is 11.3 Å². The second-order valence-electron chi connectivity index (χ2n) is 2.50. The maximum atomic E-state index is 4.24. The van der Waals surface area contributed by atoms with Crippen molar-refractivity contribution in [3.8, 4) is 11.3 Å². The Morgan fingerprint density at radius 2 is 1.77 bits per heavy atom. The maximum absolute atomic E-state index is 4.24. The van der Waals surface area contributed by atoms with Gasteiger partial charge in [0.1, 0.15) is 0 Å². The summed E-state index contributed by atoms with van der Waals surface area (Å²) in [6, 6.07) is 16.7. The van der Waals surface area contributed by atoms with Gasteiger partial charge in [-0.25, -0.2) is 0 Å². The summed E-state index contributed by atoms with van der Waals surface area (Å²) in [5, 5.41) is 0. The zero-order chi connectivity index (χ0) is 8.23. The second kappa shape index (κ2) is 6.01. The van der Waals surface area contributed by atoms with Crippen LogP contribution in [0.5, 0.6) is 0 Å². The molecule has 0 N–H and O–H groups in total. The van der Waals surface area contributed by atoms with Gasteiger partial charge in [0.25, 0.3) is 0 Å². The number of aromatic nitrogens is 1. The average Bonchev–Trinajstić information content (AvgIpc) is 2.21. The minimum Gasteiger partial charge on any atom is -0.258 e. The van der Waals surface area contributed by atoms with E-state index in [0.29, 0.717) is 0 Å². The normalized spacial score (nSPS) is 8.92. The van der Waals surface area contributed by atoms with Crippen molar-refractivity contribution < 1.29 is 68.9 Å². The van der Waals surface area contributed by atoms with E-state index >= 15 is 0 Å². The zero-order valence-electron chi connectivity index (χ0n) is 7.57. The van der Waals surface area contributed by atoms with Crippen LogP contribution in [0.2, 0.25) is 0 Å². The molecule has 0 aliphatic rings. The molecule has 0 atom stereocenters. The van der Waals surface area contributed by atoms with Crippen LogP contribution in [0.1, 0.15) is 0 Å². The Hall–Kier alpha value is 0.422. The van der Waals surface area contributed by atoms with Crippen molar-refractivity contribution in [3.05, 3.63) is 54.7 Å². The van der Waals surface area contributed by atoms with Crippen LogP contribution in [-0.4, -0.2) is 4.98 Å². The van der Waals surface area contributed by atoms with Gasteiger partial charge >= 0.3 is 68.9 Å². The molecule has 1 heterocycles. The van der Waals surface area contributed by atoms with Crippen LogP contribution in [-0.2, 0) is 0 Å². The first-order valence-corrected chi connectivity index (χ1v) is 3.84. The van der Waals surface area contributed by atoms with E-state index in [9.17, 15) is 0 Å². The molecule has 2 rings (SSSR count). The SMILES string of the molecule is [Cs+].[c-]1ccc(-c2ccccn2)cc1. The minimum atomic E-state index is 0. The summed E-state index contributed by atoms with van der Waals surface area (Å²) in [4.78, 5) is 4.24. The second-order valence-corrected chi connectivity index (χ2v) is 2.50. The van der Waals surface area contributed by atoms with E-state index in [1.54, 1.807) is 6.20 Å². The molecule has 0 unspecified atom stereocenters. The first kappa shape index (κ1) is 11.5. The van der Waals surface area contributed by atoms with Crippen LogP contribution in [0, 0.1) is 6.07 Å². The maximum Gasteiger partial charge on any atom is 1.00 e. The van der Waals surface area contributed by atoms with Crippen LogP contribution in [0.3, 0.4) is 0 Å². The van der Waals surface area contributed by atoms with Crippen LogP contribution < -0.4 is 68.9 Å². The van der Waals surface area contributed by atoms with Gasteiger partial charge < -0.3 is 0 Å². The van der Waals surface area contributed by atoms with E-state index in [-0.39, 0.29) is 68.9 Å². The molecule has 0 aliphatic heterocycles. The molecule has 2 heteroatoms. The summed E-state index contributed by atoms with van der Waals surface area (Å²) in [6.45, 7) is 0. The quantitative estimate of drug-likeness (QED) is 0.648. The van der Waals surface area contributed by atoms with Gasteiger partial charge in [0.05, 0.1) is 0 Å². The van der Waals surface area contributed by atoms with E-state index in [4.69, 9.17) is 0 Å². The molecule has 0 saturated carbocycles. The molecule has 0 amide bonds. The largest absolute Gasteiger partial charge is 1.00 e. The van der Waals surface area contributed by atoms with E-state index in [1.165, 1.54) is 0 Å². The number of hydrogen-bond donors (Lipinski definition) is 0. The zero-order valence-corrected chi connectivity index (χ0v) is 13.8. The molecule has 0 bridgehead atoms. The number of nitrogens with zero attached hydrogens (tertiary/aromatic N) is 1. The van der Waals surface area contributed by atoms with Gasteiger partial charge in [-0.1, -0.05) is 6.07 Å². The van der Waals surface area contributed by atoms with Crippen molar-refractivity contribution in [2.45, 2.75) is 0 Å². The Kier molecular flexibility index (Phi) is 5.31. The van der Waals surface area contributed by atoms with Crippen molar-refractivity contribution in [1.29, 1.82) is 0 Å². The van der Waals surface area contributed by atoms with Gasteiger partial charge in [-0.05, 0) is 12.1 Å². The topological polar surface area (TPSA) is 12.9 Å². The van der Waals surface area contributed by atoms with Gasteiger partial charge in [0, 0.05) is 11.9 Å². The van der Waals surface area contributed by atoms with Crippen LogP contribution in [0.25, 0.3) is 11.3 Å². The molecule has 1 aromatic heterocycles. The number of rotatable bonds is 1. The first-order valence-electron chi connectivity index (χ1n) is 3.84. The molecule has 0 aliphatic carbocycles. The third-order valence-corrected chi connectivity index (χ3v) is 1.68. The molecule has 2 aromatic rings. The van der Waals surface area contributed by atoms with E-state index < -0.39 is 0 Å².